The van der Waals surface area contributed by atoms with E-state index in [9.17, 15) is 9.18 Å². The normalized spacial score (nSPS) is 15.7. The van der Waals surface area contributed by atoms with Crippen molar-refractivity contribution in [2.24, 2.45) is 0 Å². The van der Waals surface area contributed by atoms with Crippen molar-refractivity contribution in [1.29, 1.82) is 0 Å². The number of hydrogen-bond acceptors (Lipinski definition) is 1. The number of hydrogen-bond donors (Lipinski definition) is 2. The summed E-state index contributed by atoms with van der Waals surface area (Å²) >= 11 is 11.3. The quantitative estimate of drug-likeness (QED) is 0.788. The minimum Gasteiger partial charge on any atom is -0.335 e. The van der Waals surface area contributed by atoms with Gasteiger partial charge in [-0.3, -0.25) is 0 Å². The second kappa shape index (κ2) is 5.76. The molecule has 1 aliphatic rings. The first-order valence-electron chi connectivity index (χ1n) is 5.78. The molecule has 3 nitrogen and oxygen atoms in total. The van der Waals surface area contributed by atoms with E-state index in [4.69, 9.17) is 23.2 Å². The van der Waals surface area contributed by atoms with Crippen molar-refractivity contribution in [3.63, 3.8) is 0 Å². The van der Waals surface area contributed by atoms with Crippen LogP contribution >= 0.6 is 23.2 Å². The van der Waals surface area contributed by atoms with Gasteiger partial charge in [-0.05, 0) is 25.0 Å². The van der Waals surface area contributed by atoms with E-state index in [2.05, 4.69) is 10.6 Å². The molecule has 0 aliphatic heterocycles. The van der Waals surface area contributed by atoms with E-state index in [1.807, 2.05) is 0 Å². The van der Waals surface area contributed by atoms with Crippen LogP contribution in [0.4, 0.5) is 14.9 Å². The molecule has 0 unspecified atom stereocenters. The molecule has 0 radical (unpaired) electrons. The van der Waals surface area contributed by atoms with Crippen LogP contribution in [0.15, 0.2) is 12.1 Å². The van der Waals surface area contributed by atoms with Gasteiger partial charge in [0.1, 0.15) is 0 Å². The molecule has 0 atom stereocenters. The molecule has 2 amide bonds. The average Bonchev–Trinajstić information content (AvgIpc) is 2.78. The van der Waals surface area contributed by atoms with Crippen molar-refractivity contribution in [2.45, 2.75) is 31.7 Å². The Balaban J connectivity index is 1.98. The van der Waals surface area contributed by atoms with Crippen LogP contribution in [0.5, 0.6) is 0 Å². The van der Waals surface area contributed by atoms with Gasteiger partial charge >= 0.3 is 6.03 Å². The molecule has 98 valence electrons. The molecule has 2 N–H and O–H groups in total. The van der Waals surface area contributed by atoms with Crippen molar-refractivity contribution in [3.05, 3.63) is 28.0 Å². The third-order valence-electron chi connectivity index (χ3n) is 2.93. The minimum atomic E-state index is -0.680. The van der Waals surface area contributed by atoms with Crippen LogP contribution in [0, 0.1) is 5.82 Å². The Morgan fingerprint density at radius 1 is 1.22 bits per heavy atom. The molecule has 18 heavy (non-hydrogen) atoms. The molecule has 0 aromatic heterocycles. The molecule has 0 bridgehead atoms. The van der Waals surface area contributed by atoms with E-state index in [1.54, 1.807) is 0 Å². The van der Waals surface area contributed by atoms with Gasteiger partial charge < -0.3 is 10.6 Å². The van der Waals surface area contributed by atoms with Crippen LogP contribution in [0.1, 0.15) is 25.7 Å². The Kier molecular flexibility index (Phi) is 4.30. The van der Waals surface area contributed by atoms with Crippen molar-refractivity contribution >= 4 is 34.9 Å². The Morgan fingerprint density at radius 2 is 1.78 bits per heavy atom. The summed E-state index contributed by atoms with van der Waals surface area (Å²) in [6.07, 6.45) is 4.27. The van der Waals surface area contributed by atoms with E-state index < -0.39 is 5.82 Å². The van der Waals surface area contributed by atoms with Gasteiger partial charge in [0, 0.05) is 11.7 Å². The van der Waals surface area contributed by atoms with Crippen LogP contribution < -0.4 is 10.6 Å². The lowest BCUT2D eigenvalue weighted by Crippen LogP contribution is -2.36. The van der Waals surface area contributed by atoms with Gasteiger partial charge in [0.25, 0.3) is 0 Å². The summed E-state index contributed by atoms with van der Waals surface area (Å²) in [4.78, 5) is 11.7. The fraction of sp³-hybridized carbons (Fsp3) is 0.417. The largest absolute Gasteiger partial charge is 0.335 e. The van der Waals surface area contributed by atoms with E-state index in [0.717, 1.165) is 25.7 Å². The maximum atomic E-state index is 13.2. The maximum Gasteiger partial charge on any atom is 0.319 e. The SMILES string of the molecule is O=C(Nc1cc(Cl)c(F)c(Cl)c1)NC1CCCC1. The third-order valence-corrected chi connectivity index (χ3v) is 3.48. The van der Waals surface area contributed by atoms with Crippen molar-refractivity contribution < 1.29 is 9.18 Å². The van der Waals surface area contributed by atoms with Gasteiger partial charge in [-0.25, -0.2) is 9.18 Å². The summed E-state index contributed by atoms with van der Waals surface area (Å²) in [5.74, 6) is -0.680. The van der Waals surface area contributed by atoms with Crippen LogP contribution in [0.2, 0.25) is 10.0 Å². The standard InChI is InChI=1S/C12H13Cl2FN2O/c13-9-5-8(6-10(14)11(9)15)17-12(18)16-7-3-1-2-4-7/h5-7H,1-4H2,(H2,16,17,18). The first-order valence-corrected chi connectivity index (χ1v) is 6.54. The summed E-state index contributed by atoms with van der Waals surface area (Å²) in [6, 6.07) is 2.56. The minimum absolute atomic E-state index is 0.112. The molecular weight excluding hydrogens is 278 g/mol. The zero-order chi connectivity index (χ0) is 13.1. The lowest BCUT2D eigenvalue weighted by molar-refractivity contribution is 0.248. The Morgan fingerprint density at radius 3 is 2.33 bits per heavy atom. The second-order valence-corrected chi connectivity index (χ2v) is 5.15. The summed E-state index contributed by atoms with van der Waals surface area (Å²) in [5.41, 5.74) is 0.377. The van der Waals surface area contributed by atoms with E-state index in [1.165, 1.54) is 12.1 Å². The van der Waals surface area contributed by atoms with Crippen LogP contribution in [-0.2, 0) is 0 Å². The average molecular weight is 291 g/mol. The summed E-state index contributed by atoms with van der Waals surface area (Å²) in [5, 5.41) is 5.22. The summed E-state index contributed by atoms with van der Waals surface area (Å²) in [6.45, 7) is 0. The Labute approximate surface area is 115 Å². The van der Waals surface area contributed by atoms with Gasteiger partial charge in [0.05, 0.1) is 10.0 Å². The second-order valence-electron chi connectivity index (χ2n) is 4.33. The monoisotopic (exact) mass is 290 g/mol. The number of rotatable bonds is 2. The molecule has 0 spiro atoms. The maximum absolute atomic E-state index is 13.2. The molecule has 6 heteroatoms. The zero-order valence-corrected chi connectivity index (χ0v) is 11.1. The van der Waals surface area contributed by atoms with E-state index in [0.29, 0.717) is 5.69 Å². The number of halogens is 3. The third kappa shape index (κ3) is 3.27. The van der Waals surface area contributed by atoms with Crippen LogP contribution in [-0.4, -0.2) is 12.1 Å². The van der Waals surface area contributed by atoms with E-state index in [-0.39, 0.29) is 22.1 Å². The molecule has 1 aromatic rings. The smallest absolute Gasteiger partial charge is 0.319 e. The number of carbonyl (C=O) groups excluding carboxylic acids is 1. The number of amides is 2. The van der Waals surface area contributed by atoms with Gasteiger partial charge in [0.2, 0.25) is 0 Å². The first-order chi connectivity index (χ1) is 8.56. The fourth-order valence-electron chi connectivity index (χ4n) is 2.05. The summed E-state index contributed by atoms with van der Waals surface area (Å²) < 4.78 is 13.2. The van der Waals surface area contributed by atoms with Gasteiger partial charge in [-0.1, -0.05) is 36.0 Å². The first kappa shape index (κ1) is 13.4. The van der Waals surface area contributed by atoms with Crippen molar-refractivity contribution in [2.75, 3.05) is 5.32 Å². The highest BCUT2D eigenvalue weighted by Gasteiger charge is 2.17. The fourth-order valence-corrected chi connectivity index (χ4v) is 2.54. The van der Waals surface area contributed by atoms with Gasteiger partial charge in [-0.15, -0.1) is 0 Å². The molecule has 0 saturated heterocycles. The van der Waals surface area contributed by atoms with Crippen molar-refractivity contribution in [1.82, 2.24) is 5.32 Å². The molecule has 1 saturated carbocycles. The Hall–Kier alpha value is -1.00. The van der Waals surface area contributed by atoms with Crippen LogP contribution in [0.3, 0.4) is 0 Å². The molecule has 1 aromatic carbocycles. The predicted molar refractivity (Wildman–Crippen MR) is 70.8 cm³/mol. The molecule has 2 rings (SSSR count). The van der Waals surface area contributed by atoms with E-state index >= 15 is 0 Å². The number of anilines is 1. The van der Waals surface area contributed by atoms with Gasteiger partial charge in [-0.2, -0.15) is 0 Å². The number of urea groups is 1. The summed E-state index contributed by atoms with van der Waals surface area (Å²) in [7, 11) is 0. The highest BCUT2D eigenvalue weighted by Crippen LogP contribution is 2.27. The number of nitrogens with one attached hydrogen (secondary N) is 2. The van der Waals surface area contributed by atoms with Crippen LogP contribution in [0.25, 0.3) is 0 Å². The lowest BCUT2D eigenvalue weighted by Gasteiger charge is -2.13. The highest BCUT2D eigenvalue weighted by atomic mass is 35.5. The predicted octanol–water partition coefficient (Wildman–Crippen LogP) is 4.20. The molecule has 0 heterocycles. The topological polar surface area (TPSA) is 41.1 Å². The zero-order valence-electron chi connectivity index (χ0n) is 9.60. The van der Waals surface area contributed by atoms with Gasteiger partial charge in [0.15, 0.2) is 5.82 Å². The Bertz CT molecular complexity index is 438. The molecular formula is C12H13Cl2FN2O. The number of carbonyl (C=O) groups is 1. The molecule has 1 fully saturated rings. The lowest BCUT2D eigenvalue weighted by atomic mass is 10.2. The molecule has 1 aliphatic carbocycles. The number of benzene rings is 1. The van der Waals surface area contributed by atoms with Crippen molar-refractivity contribution in [3.8, 4) is 0 Å². The highest BCUT2D eigenvalue weighted by molar-refractivity contribution is 6.35.